The van der Waals surface area contributed by atoms with Gasteiger partial charge in [0, 0.05) is 12.4 Å². The molecule has 0 spiro atoms. The third-order valence-corrected chi connectivity index (χ3v) is 3.04. The van der Waals surface area contributed by atoms with Crippen LogP contribution in [0.25, 0.3) is 0 Å². The molecule has 96 valence electrons. The van der Waals surface area contributed by atoms with Crippen LogP contribution in [-0.2, 0) is 12.8 Å². The van der Waals surface area contributed by atoms with Crippen molar-refractivity contribution in [2.75, 3.05) is 0 Å². The first kappa shape index (κ1) is 14.2. The van der Waals surface area contributed by atoms with Crippen LogP contribution in [0.15, 0.2) is 12.4 Å². The molecule has 1 aromatic heterocycles. The summed E-state index contributed by atoms with van der Waals surface area (Å²) in [4.78, 5) is 4.43. The van der Waals surface area contributed by atoms with Gasteiger partial charge < -0.3 is 0 Å². The van der Waals surface area contributed by atoms with Crippen molar-refractivity contribution >= 4 is 0 Å². The molecular weight excluding hydrogens is 206 g/mol. The van der Waals surface area contributed by atoms with Gasteiger partial charge in [0.15, 0.2) is 0 Å². The van der Waals surface area contributed by atoms with Gasteiger partial charge in [-0.1, -0.05) is 41.5 Å². The van der Waals surface area contributed by atoms with Gasteiger partial charge in [-0.3, -0.25) is 4.98 Å². The highest BCUT2D eigenvalue weighted by atomic mass is 14.6. The molecule has 17 heavy (non-hydrogen) atoms. The second-order valence-electron chi connectivity index (χ2n) is 6.22. The summed E-state index contributed by atoms with van der Waals surface area (Å²) in [5.41, 5.74) is 4.45. The Balaban J connectivity index is 3.14. The van der Waals surface area contributed by atoms with Gasteiger partial charge in [-0.15, -0.1) is 0 Å². The van der Waals surface area contributed by atoms with Crippen molar-refractivity contribution in [3.05, 3.63) is 29.1 Å². The molecule has 0 saturated heterocycles. The predicted octanol–water partition coefficient (Wildman–Crippen LogP) is 4.60. The van der Waals surface area contributed by atoms with E-state index in [0.29, 0.717) is 17.8 Å². The van der Waals surface area contributed by atoms with Crippen LogP contribution in [0.3, 0.4) is 0 Å². The lowest BCUT2D eigenvalue weighted by Crippen LogP contribution is -2.08. The summed E-state index contributed by atoms with van der Waals surface area (Å²) >= 11 is 0. The van der Waals surface area contributed by atoms with E-state index in [9.17, 15) is 0 Å². The minimum Gasteiger partial charge on any atom is -0.264 e. The van der Waals surface area contributed by atoms with Gasteiger partial charge in [0.1, 0.15) is 0 Å². The molecule has 0 saturated carbocycles. The van der Waals surface area contributed by atoms with Gasteiger partial charge in [-0.2, -0.15) is 0 Å². The number of nitrogens with zero attached hydrogens (tertiary/aromatic N) is 1. The fourth-order valence-electron chi connectivity index (χ4n) is 2.32. The van der Waals surface area contributed by atoms with Gasteiger partial charge in [0.05, 0.1) is 0 Å². The van der Waals surface area contributed by atoms with Crippen LogP contribution in [0, 0.1) is 11.8 Å². The van der Waals surface area contributed by atoms with Crippen molar-refractivity contribution in [1.82, 2.24) is 4.98 Å². The quantitative estimate of drug-likeness (QED) is 0.724. The summed E-state index contributed by atoms with van der Waals surface area (Å²) in [6.07, 6.45) is 6.46. The van der Waals surface area contributed by atoms with E-state index in [1.54, 1.807) is 5.56 Å². The number of rotatable bonds is 5. The lowest BCUT2D eigenvalue weighted by molar-refractivity contribution is 0.606. The van der Waals surface area contributed by atoms with E-state index < -0.39 is 0 Å². The Labute approximate surface area is 107 Å². The zero-order valence-electron chi connectivity index (χ0n) is 12.2. The van der Waals surface area contributed by atoms with Gasteiger partial charge >= 0.3 is 0 Å². The maximum absolute atomic E-state index is 4.43. The van der Waals surface area contributed by atoms with Gasteiger partial charge in [-0.05, 0) is 47.3 Å². The summed E-state index contributed by atoms with van der Waals surface area (Å²) in [5.74, 6) is 1.98. The molecule has 0 atom stereocenters. The first-order valence-corrected chi connectivity index (χ1v) is 6.87. The van der Waals surface area contributed by atoms with Crippen LogP contribution in [0.5, 0.6) is 0 Å². The molecule has 0 radical (unpaired) electrons. The molecule has 1 nitrogen and oxygen atoms in total. The van der Waals surface area contributed by atoms with E-state index >= 15 is 0 Å². The Bertz CT molecular complexity index is 351. The number of pyridine rings is 1. The monoisotopic (exact) mass is 233 g/mol. The summed E-state index contributed by atoms with van der Waals surface area (Å²) in [7, 11) is 0. The molecule has 1 aromatic rings. The fourth-order valence-corrected chi connectivity index (χ4v) is 2.32. The van der Waals surface area contributed by atoms with Crippen LogP contribution >= 0.6 is 0 Å². The lowest BCUT2D eigenvalue weighted by Gasteiger charge is -2.19. The van der Waals surface area contributed by atoms with Gasteiger partial charge in [0.25, 0.3) is 0 Å². The molecule has 0 unspecified atom stereocenters. The normalized spacial score (nSPS) is 11.8. The molecule has 0 aliphatic rings. The van der Waals surface area contributed by atoms with E-state index in [1.807, 2.05) is 0 Å². The number of aromatic nitrogens is 1. The molecule has 0 amide bonds. The number of hydrogen-bond donors (Lipinski definition) is 0. The first-order chi connectivity index (χ1) is 7.91. The first-order valence-electron chi connectivity index (χ1n) is 6.87. The molecule has 0 aliphatic carbocycles. The predicted molar refractivity (Wildman–Crippen MR) is 75.4 cm³/mol. The van der Waals surface area contributed by atoms with Crippen molar-refractivity contribution in [3.8, 4) is 0 Å². The summed E-state index contributed by atoms with van der Waals surface area (Å²) < 4.78 is 0. The highest BCUT2D eigenvalue weighted by molar-refractivity contribution is 5.34. The highest BCUT2D eigenvalue weighted by Gasteiger charge is 2.14. The fraction of sp³-hybridized carbons (Fsp3) is 0.688. The second-order valence-corrected chi connectivity index (χ2v) is 6.22. The summed E-state index contributed by atoms with van der Waals surface area (Å²) in [6, 6.07) is 0. The largest absolute Gasteiger partial charge is 0.264 e. The average molecular weight is 233 g/mol. The molecule has 1 rings (SSSR count). The molecule has 0 aromatic carbocycles. The standard InChI is InChI=1S/C16H27N/c1-11(2)7-14-9-17-10-16(13(5)6)15(14)8-12(3)4/h9-13H,7-8H2,1-6H3. The number of hydrogen-bond acceptors (Lipinski definition) is 1. The Morgan fingerprint density at radius 1 is 0.882 bits per heavy atom. The van der Waals surface area contributed by atoms with Gasteiger partial charge in [-0.25, -0.2) is 0 Å². The Hall–Kier alpha value is -0.850. The van der Waals surface area contributed by atoms with Crippen LogP contribution in [0.2, 0.25) is 0 Å². The smallest absolute Gasteiger partial charge is 0.0305 e. The van der Waals surface area contributed by atoms with E-state index in [2.05, 4.69) is 58.9 Å². The van der Waals surface area contributed by atoms with Crippen molar-refractivity contribution < 1.29 is 0 Å². The van der Waals surface area contributed by atoms with Crippen LogP contribution in [-0.4, -0.2) is 4.98 Å². The van der Waals surface area contributed by atoms with Crippen LogP contribution in [0.4, 0.5) is 0 Å². The maximum Gasteiger partial charge on any atom is 0.0305 e. The molecule has 0 bridgehead atoms. The third kappa shape index (κ3) is 4.14. The SMILES string of the molecule is CC(C)Cc1cncc(C(C)C)c1CC(C)C. The van der Waals surface area contributed by atoms with E-state index in [4.69, 9.17) is 0 Å². The molecule has 1 heteroatoms. The zero-order chi connectivity index (χ0) is 13.0. The van der Waals surface area contributed by atoms with E-state index in [-0.39, 0.29) is 0 Å². The second kappa shape index (κ2) is 6.18. The highest BCUT2D eigenvalue weighted by Crippen LogP contribution is 2.25. The topological polar surface area (TPSA) is 12.9 Å². The minimum atomic E-state index is 0.573. The summed E-state index contributed by atoms with van der Waals surface area (Å²) in [6.45, 7) is 13.7. The Kier molecular flexibility index (Phi) is 5.17. The van der Waals surface area contributed by atoms with Crippen molar-refractivity contribution in [2.45, 2.75) is 60.3 Å². The zero-order valence-corrected chi connectivity index (χ0v) is 12.2. The summed E-state index contributed by atoms with van der Waals surface area (Å²) in [5, 5.41) is 0. The third-order valence-electron chi connectivity index (χ3n) is 3.04. The van der Waals surface area contributed by atoms with E-state index in [0.717, 1.165) is 6.42 Å². The van der Waals surface area contributed by atoms with Crippen molar-refractivity contribution in [1.29, 1.82) is 0 Å². The van der Waals surface area contributed by atoms with Crippen LogP contribution < -0.4 is 0 Å². The molecule has 0 aliphatic heterocycles. The molecular formula is C16H27N. The molecule has 0 N–H and O–H groups in total. The van der Waals surface area contributed by atoms with Crippen LogP contribution in [0.1, 0.15) is 64.2 Å². The maximum atomic E-state index is 4.43. The Morgan fingerprint density at radius 3 is 1.94 bits per heavy atom. The van der Waals surface area contributed by atoms with Gasteiger partial charge in [0.2, 0.25) is 0 Å². The molecule has 1 heterocycles. The van der Waals surface area contributed by atoms with E-state index in [1.165, 1.54) is 17.5 Å². The van der Waals surface area contributed by atoms with Crippen molar-refractivity contribution in [2.24, 2.45) is 11.8 Å². The average Bonchev–Trinajstić information content (AvgIpc) is 2.18. The minimum absolute atomic E-state index is 0.573. The molecule has 0 fully saturated rings. The Morgan fingerprint density at radius 2 is 1.47 bits per heavy atom. The van der Waals surface area contributed by atoms with Crippen molar-refractivity contribution in [3.63, 3.8) is 0 Å². The lowest BCUT2D eigenvalue weighted by atomic mass is 9.87.